The van der Waals surface area contributed by atoms with Crippen LogP contribution in [0.2, 0.25) is 0 Å². The molecule has 4 heterocycles. The summed E-state index contributed by atoms with van der Waals surface area (Å²) in [5, 5.41) is 9.98. The molecule has 3 aromatic rings. The van der Waals surface area contributed by atoms with E-state index in [-0.39, 0.29) is 12.0 Å². The summed E-state index contributed by atoms with van der Waals surface area (Å²) in [6, 6.07) is 5.74. The summed E-state index contributed by atoms with van der Waals surface area (Å²) in [7, 11) is 0. The van der Waals surface area contributed by atoms with Crippen molar-refractivity contribution in [3.63, 3.8) is 0 Å². The van der Waals surface area contributed by atoms with E-state index in [4.69, 9.17) is 9.40 Å². The summed E-state index contributed by atoms with van der Waals surface area (Å²) in [6.45, 7) is 5.57. The van der Waals surface area contributed by atoms with Gasteiger partial charge in [0.2, 0.25) is 5.95 Å². The predicted molar refractivity (Wildman–Crippen MR) is 99.7 cm³/mol. The highest BCUT2D eigenvalue weighted by Gasteiger charge is 2.26. The third-order valence-corrected chi connectivity index (χ3v) is 4.98. The molecule has 6 nitrogen and oxygen atoms in total. The molecule has 0 unspecified atom stereocenters. The van der Waals surface area contributed by atoms with Crippen LogP contribution in [0.5, 0.6) is 0 Å². The molecule has 0 saturated carbocycles. The van der Waals surface area contributed by atoms with Crippen molar-refractivity contribution in [2.45, 2.75) is 26.4 Å². The number of aryl methyl sites for hydroxylation is 1. The normalized spacial score (nSPS) is 20.3. The van der Waals surface area contributed by atoms with E-state index in [0.29, 0.717) is 11.7 Å². The van der Waals surface area contributed by atoms with Crippen molar-refractivity contribution < 1.29 is 9.52 Å². The van der Waals surface area contributed by atoms with E-state index in [2.05, 4.69) is 21.8 Å². The molecule has 6 heteroatoms. The SMILES string of the molecule is Cc1cnccc1-c1cnc(N2CC[C@H](O)[C@H](C)C2)nc1-c1ccco1. The number of aliphatic hydroxyl groups is 1. The Morgan fingerprint density at radius 3 is 2.85 bits per heavy atom. The van der Waals surface area contributed by atoms with Crippen molar-refractivity contribution >= 4 is 5.95 Å². The lowest BCUT2D eigenvalue weighted by Gasteiger charge is -2.34. The second kappa shape index (κ2) is 6.88. The zero-order valence-corrected chi connectivity index (χ0v) is 15.0. The van der Waals surface area contributed by atoms with Gasteiger partial charge in [0.05, 0.1) is 12.4 Å². The molecule has 3 aromatic heterocycles. The number of nitrogens with zero attached hydrogens (tertiary/aromatic N) is 4. The molecule has 4 rings (SSSR count). The molecule has 0 spiro atoms. The highest BCUT2D eigenvalue weighted by atomic mass is 16.3. The third-order valence-electron chi connectivity index (χ3n) is 4.98. The number of aliphatic hydroxyl groups excluding tert-OH is 1. The van der Waals surface area contributed by atoms with Gasteiger partial charge in [0.1, 0.15) is 5.69 Å². The van der Waals surface area contributed by atoms with Gasteiger partial charge in [0.15, 0.2) is 5.76 Å². The molecule has 0 aliphatic carbocycles. The van der Waals surface area contributed by atoms with Crippen LogP contribution in [0.15, 0.2) is 47.5 Å². The Labute approximate surface area is 152 Å². The first-order valence-electron chi connectivity index (χ1n) is 8.88. The number of hydrogen-bond donors (Lipinski definition) is 1. The largest absolute Gasteiger partial charge is 0.463 e. The fraction of sp³-hybridized carbons (Fsp3) is 0.350. The maximum atomic E-state index is 9.98. The molecule has 0 bridgehead atoms. The number of piperidine rings is 1. The molecule has 1 saturated heterocycles. The number of pyridine rings is 1. The first-order valence-corrected chi connectivity index (χ1v) is 8.88. The average molecular weight is 350 g/mol. The van der Waals surface area contributed by atoms with Crippen LogP contribution < -0.4 is 4.90 Å². The lowest BCUT2D eigenvalue weighted by atomic mass is 9.97. The van der Waals surface area contributed by atoms with Gasteiger partial charge in [-0.15, -0.1) is 0 Å². The van der Waals surface area contributed by atoms with Gasteiger partial charge in [-0.1, -0.05) is 6.92 Å². The van der Waals surface area contributed by atoms with Crippen LogP contribution in [0, 0.1) is 12.8 Å². The van der Waals surface area contributed by atoms with Gasteiger partial charge in [-0.05, 0) is 48.6 Å². The van der Waals surface area contributed by atoms with Crippen molar-refractivity contribution in [1.82, 2.24) is 15.0 Å². The van der Waals surface area contributed by atoms with E-state index >= 15 is 0 Å². The number of rotatable bonds is 3. The molecule has 0 aromatic carbocycles. The molecule has 134 valence electrons. The Bertz CT molecular complexity index is 895. The lowest BCUT2D eigenvalue weighted by molar-refractivity contribution is 0.0966. The Kier molecular flexibility index (Phi) is 4.42. The summed E-state index contributed by atoms with van der Waals surface area (Å²) >= 11 is 0. The quantitative estimate of drug-likeness (QED) is 0.781. The maximum absolute atomic E-state index is 9.98. The molecule has 26 heavy (non-hydrogen) atoms. The average Bonchev–Trinajstić information content (AvgIpc) is 3.19. The van der Waals surface area contributed by atoms with Crippen LogP contribution >= 0.6 is 0 Å². The van der Waals surface area contributed by atoms with E-state index in [1.54, 1.807) is 12.5 Å². The highest BCUT2D eigenvalue weighted by molar-refractivity contribution is 5.80. The minimum Gasteiger partial charge on any atom is -0.463 e. The van der Waals surface area contributed by atoms with Crippen LogP contribution in [0.3, 0.4) is 0 Å². The molecule has 1 fully saturated rings. The van der Waals surface area contributed by atoms with Gasteiger partial charge in [-0.3, -0.25) is 4.98 Å². The van der Waals surface area contributed by atoms with Gasteiger partial charge in [-0.25, -0.2) is 9.97 Å². The summed E-state index contributed by atoms with van der Waals surface area (Å²) in [6.07, 6.45) is 7.59. The van der Waals surface area contributed by atoms with Gasteiger partial charge >= 0.3 is 0 Å². The van der Waals surface area contributed by atoms with E-state index in [1.807, 2.05) is 37.5 Å². The number of aromatic nitrogens is 3. The first-order chi connectivity index (χ1) is 12.6. The van der Waals surface area contributed by atoms with E-state index < -0.39 is 0 Å². The summed E-state index contributed by atoms with van der Waals surface area (Å²) < 4.78 is 5.64. The van der Waals surface area contributed by atoms with E-state index in [1.165, 1.54) is 0 Å². The third kappa shape index (κ3) is 3.08. The van der Waals surface area contributed by atoms with Crippen LogP contribution in [-0.4, -0.2) is 39.3 Å². The van der Waals surface area contributed by atoms with Gasteiger partial charge in [0.25, 0.3) is 0 Å². The summed E-state index contributed by atoms with van der Waals surface area (Å²) in [5.41, 5.74) is 3.80. The van der Waals surface area contributed by atoms with Crippen molar-refractivity contribution in [2.24, 2.45) is 5.92 Å². The topological polar surface area (TPSA) is 75.3 Å². The molecule has 1 N–H and O–H groups in total. The predicted octanol–water partition coefficient (Wildman–Crippen LogP) is 3.31. The highest BCUT2D eigenvalue weighted by Crippen LogP contribution is 2.33. The van der Waals surface area contributed by atoms with Crippen LogP contribution in [-0.2, 0) is 0 Å². The molecule has 1 aliphatic rings. The second-order valence-corrected chi connectivity index (χ2v) is 6.88. The van der Waals surface area contributed by atoms with Crippen molar-refractivity contribution in [3.05, 3.63) is 48.6 Å². The van der Waals surface area contributed by atoms with Crippen molar-refractivity contribution in [3.8, 4) is 22.6 Å². The number of hydrogen-bond acceptors (Lipinski definition) is 6. The van der Waals surface area contributed by atoms with Crippen molar-refractivity contribution in [1.29, 1.82) is 0 Å². The Hall–Kier alpha value is -2.73. The zero-order valence-electron chi connectivity index (χ0n) is 15.0. The van der Waals surface area contributed by atoms with Crippen LogP contribution in [0.25, 0.3) is 22.6 Å². The Balaban J connectivity index is 1.78. The number of anilines is 1. The molecular weight excluding hydrogens is 328 g/mol. The molecule has 1 aliphatic heterocycles. The Morgan fingerprint density at radius 2 is 2.12 bits per heavy atom. The van der Waals surface area contributed by atoms with E-state index in [0.717, 1.165) is 41.9 Å². The zero-order chi connectivity index (χ0) is 18.1. The van der Waals surface area contributed by atoms with Gasteiger partial charge in [-0.2, -0.15) is 0 Å². The monoisotopic (exact) mass is 350 g/mol. The Morgan fingerprint density at radius 1 is 1.23 bits per heavy atom. The molecule has 0 amide bonds. The standard InChI is InChI=1S/C20H22N4O2/c1-13-10-21-7-5-15(13)16-11-22-20(23-19(16)18-4-3-9-26-18)24-8-6-17(25)14(2)12-24/h3-5,7,9-11,14,17,25H,6,8,12H2,1-2H3/t14-,17+/m1/s1. The molecule has 2 atom stereocenters. The molecular formula is C20H22N4O2. The van der Waals surface area contributed by atoms with Gasteiger partial charge < -0.3 is 14.4 Å². The summed E-state index contributed by atoms with van der Waals surface area (Å²) in [5.74, 6) is 1.58. The first kappa shape index (κ1) is 16.7. The second-order valence-electron chi connectivity index (χ2n) is 6.88. The maximum Gasteiger partial charge on any atom is 0.226 e. The minimum absolute atomic E-state index is 0.196. The van der Waals surface area contributed by atoms with Crippen LogP contribution in [0.1, 0.15) is 18.9 Å². The lowest BCUT2D eigenvalue weighted by Crippen LogP contribution is -2.42. The summed E-state index contributed by atoms with van der Waals surface area (Å²) in [4.78, 5) is 15.8. The fourth-order valence-corrected chi connectivity index (χ4v) is 3.41. The number of furan rings is 1. The molecule has 0 radical (unpaired) electrons. The van der Waals surface area contributed by atoms with Crippen molar-refractivity contribution in [2.75, 3.05) is 18.0 Å². The minimum atomic E-state index is -0.255. The smallest absolute Gasteiger partial charge is 0.226 e. The van der Waals surface area contributed by atoms with Crippen LogP contribution in [0.4, 0.5) is 5.95 Å². The van der Waals surface area contributed by atoms with Gasteiger partial charge in [0, 0.05) is 37.2 Å². The van der Waals surface area contributed by atoms with E-state index in [9.17, 15) is 5.11 Å². The fourth-order valence-electron chi connectivity index (χ4n) is 3.41.